The number of rotatable bonds is 6. The van der Waals surface area contributed by atoms with Gasteiger partial charge in [-0.25, -0.2) is 9.97 Å². The molecule has 1 aliphatic rings. The predicted octanol–water partition coefficient (Wildman–Crippen LogP) is 3.48. The Hall–Kier alpha value is -2.68. The van der Waals surface area contributed by atoms with Crippen LogP contribution in [0, 0.1) is 6.92 Å². The van der Waals surface area contributed by atoms with Gasteiger partial charge in [0.05, 0.1) is 18.5 Å². The van der Waals surface area contributed by atoms with Gasteiger partial charge >= 0.3 is 0 Å². The molecule has 0 radical (unpaired) electrons. The van der Waals surface area contributed by atoms with Crippen LogP contribution in [0.3, 0.4) is 0 Å². The first-order valence-corrected chi connectivity index (χ1v) is 11.0. The van der Waals surface area contributed by atoms with Crippen LogP contribution in [0.1, 0.15) is 11.1 Å². The Morgan fingerprint density at radius 1 is 1.20 bits per heavy atom. The Kier molecular flexibility index (Phi) is 6.17. The third-order valence-corrected chi connectivity index (χ3v) is 6.25. The first-order valence-electron chi connectivity index (χ1n) is 10.1. The van der Waals surface area contributed by atoms with Gasteiger partial charge in [-0.05, 0) is 49.4 Å². The van der Waals surface area contributed by atoms with Gasteiger partial charge in [0.25, 0.3) is 0 Å². The van der Waals surface area contributed by atoms with Gasteiger partial charge in [0.15, 0.2) is 5.13 Å². The largest absolute Gasteiger partial charge is 0.495 e. The minimum Gasteiger partial charge on any atom is -0.495 e. The molecule has 3 aromatic rings. The van der Waals surface area contributed by atoms with Gasteiger partial charge in [0, 0.05) is 49.9 Å². The number of anilines is 3. The highest BCUT2D eigenvalue weighted by molar-refractivity contribution is 7.14. The number of hydrogen-bond acceptors (Lipinski definition) is 8. The van der Waals surface area contributed by atoms with Crippen molar-refractivity contribution in [2.45, 2.75) is 13.5 Å². The molecule has 8 heteroatoms. The van der Waals surface area contributed by atoms with E-state index in [4.69, 9.17) is 15.5 Å². The minimum absolute atomic E-state index is 0.485. The molecule has 0 spiro atoms. The Morgan fingerprint density at radius 3 is 2.67 bits per heavy atom. The highest BCUT2D eigenvalue weighted by Crippen LogP contribution is 2.33. The summed E-state index contributed by atoms with van der Waals surface area (Å²) in [6.07, 6.45) is 1.91. The number of aryl methyl sites for hydroxylation is 1. The van der Waals surface area contributed by atoms with Gasteiger partial charge in [-0.15, -0.1) is 11.3 Å². The van der Waals surface area contributed by atoms with Gasteiger partial charge in [0.2, 0.25) is 0 Å². The van der Waals surface area contributed by atoms with Crippen molar-refractivity contribution in [1.82, 2.24) is 14.9 Å². The summed E-state index contributed by atoms with van der Waals surface area (Å²) in [6.45, 7) is 6.68. The highest BCUT2D eigenvalue weighted by atomic mass is 32.1. The Balaban J connectivity index is 1.49. The van der Waals surface area contributed by atoms with Gasteiger partial charge in [0.1, 0.15) is 11.6 Å². The second-order valence-corrected chi connectivity index (χ2v) is 8.40. The summed E-state index contributed by atoms with van der Waals surface area (Å²) in [5.74, 6) is 1.80. The minimum atomic E-state index is 0.485. The lowest BCUT2D eigenvalue weighted by molar-refractivity contribution is 0.312. The maximum atomic E-state index is 5.86. The number of aromatic nitrogens is 2. The summed E-state index contributed by atoms with van der Waals surface area (Å²) in [4.78, 5) is 14.1. The van der Waals surface area contributed by atoms with Crippen LogP contribution in [-0.2, 0) is 6.54 Å². The molecule has 1 aromatic carbocycles. The van der Waals surface area contributed by atoms with Gasteiger partial charge in [-0.1, -0.05) is 0 Å². The van der Waals surface area contributed by atoms with Crippen molar-refractivity contribution < 1.29 is 4.74 Å². The molecule has 0 unspecified atom stereocenters. The molecule has 1 aliphatic heterocycles. The van der Waals surface area contributed by atoms with E-state index < -0.39 is 0 Å². The number of pyridine rings is 1. The van der Waals surface area contributed by atoms with Crippen molar-refractivity contribution >= 4 is 28.0 Å². The third-order valence-electron chi connectivity index (χ3n) is 5.49. The number of hydrogen-bond donors (Lipinski definition) is 2. The van der Waals surface area contributed by atoms with Crippen LogP contribution in [0.5, 0.6) is 5.75 Å². The second kappa shape index (κ2) is 8.99. The molecule has 3 heterocycles. The zero-order valence-electron chi connectivity index (χ0n) is 17.7. The summed E-state index contributed by atoms with van der Waals surface area (Å²) in [6, 6.07) is 8.21. The molecule has 158 valence electrons. The van der Waals surface area contributed by atoms with Crippen molar-refractivity contribution in [2.24, 2.45) is 5.73 Å². The van der Waals surface area contributed by atoms with Crippen LogP contribution in [0.4, 0.5) is 16.6 Å². The van der Waals surface area contributed by atoms with E-state index in [1.54, 1.807) is 18.4 Å². The van der Waals surface area contributed by atoms with Crippen molar-refractivity contribution in [1.29, 1.82) is 0 Å². The third kappa shape index (κ3) is 4.40. The lowest BCUT2D eigenvalue weighted by atomic mass is 10.1. The summed E-state index contributed by atoms with van der Waals surface area (Å²) in [5.41, 5.74) is 10.8. The molecule has 0 aliphatic carbocycles. The Labute approximate surface area is 181 Å². The Morgan fingerprint density at radius 2 is 2.00 bits per heavy atom. The summed E-state index contributed by atoms with van der Waals surface area (Å²) >= 11 is 1.56. The van der Waals surface area contributed by atoms with Crippen molar-refractivity contribution in [2.75, 3.05) is 50.6 Å². The molecule has 7 nitrogen and oxygen atoms in total. The van der Waals surface area contributed by atoms with Crippen LogP contribution in [-0.4, -0.2) is 55.2 Å². The van der Waals surface area contributed by atoms with Crippen LogP contribution in [0.25, 0.3) is 11.3 Å². The zero-order valence-corrected chi connectivity index (χ0v) is 18.5. The summed E-state index contributed by atoms with van der Waals surface area (Å²) in [7, 11) is 3.83. The topological polar surface area (TPSA) is 79.5 Å². The number of nitrogens with zero attached hydrogens (tertiary/aromatic N) is 4. The molecular weight excluding hydrogens is 396 g/mol. The van der Waals surface area contributed by atoms with E-state index in [9.17, 15) is 0 Å². The number of methoxy groups -OCH3 is 1. The van der Waals surface area contributed by atoms with Crippen LogP contribution < -0.4 is 20.7 Å². The molecule has 3 N–H and O–H groups in total. The van der Waals surface area contributed by atoms with Crippen LogP contribution >= 0.6 is 11.3 Å². The standard InChI is InChI=1S/C22H28N6OS/c1-15-10-20(29-3)18(11-17(15)12-23)25-22-26-19(14-30-22)16-4-5-21(24-13-16)28-8-6-27(2)7-9-28/h4-5,10-11,13-14H,6-9,12,23H2,1-3H3,(H,25,26). The molecule has 2 aromatic heterocycles. The first kappa shape index (κ1) is 20.6. The van der Waals surface area contributed by atoms with Crippen LogP contribution in [0.2, 0.25) is 0 Å². The number of piperazine rings is 1. The average molecular weight is 425 g/mol. The lowest BCUT2D eigenvalue weighted by Crippen LogP contribution is -2.44. The lowest BCUT2D eigenvalue weighted by Gasteiger charge is -2.33. The fourth-order valence-electron chi connectivity index (χ4n) is 3.55. The van der Waals surface area contributed by atoms with Crippen molar-refractivity contribution in [3.05, 3.63) is 47.0 Å². The van der Waals surface area contributed by atoms with Gasteiger partial charge < -0.3 is 25.6 Å². The summed E-state index contributed by atoms with van der Waals surface area (Å²) < 4.78 is 5.52. The number of nitrogens with one attached hydrogen (secondary N) is 1. The monoisotopic (exact) mass is 424 g/mol. The highest BCUT2D eigenvalue weighted by Gasteiger charge is 2.16. The Bertz CT molecular complexity index is 995. The van der Waals surface area contributed by atoms with Crippen molar-refractivity contribution in [3.8, 4) is 17.0 Å². The fraction of sp³-hybridized carbons (Fsp3) is 0.364. The van der Waals surface area contributed by atoms with E-state index in [1.807, 2.05) is 30.6 Å². The first-order chi connectivity index (χ1) is 14.6. The molecule has 0 saturated carbocycles. The molecule has 1 fully saturated rings. The number of likely N-dealkylation sites (N-methyl/N-ethyl adjacent to an activating group) is 1. The number of benzene rings is 1. The molecule has 4 rings (SSSR count). The quantitative estimate of drug-likeness (QED) is 0.627. The van der Waals surface area contributed by atoms with Crippen molar-refractivity contribution in [3.63, 3.8) is 0 Å². The van der Waals surface area contributed by atoms with E-state index in [2.05, 4.69) is 39.3 Å². The average Bonchev–Trinajstić information content (AvgIpc) is 3.24. The van der Waals surface area contributed by atoms with E-state index in [0.717, 1.165) is 70.9 Å². The van der Waals surface area contributed by atoms with E-state index in [1.165, 1.54) is 0 Å². The maximum Gasteiger partial charge on any atom is 0.187 e. The molecule has 0 amide bonds. The van der Waals surface area contributed by atoms with E-state index in [-0.39, 0.29) is 0 Å². The SMILES string of the molecule is COc1cc(C)c(CN)cc1Nc1nc(-c2ccc(N3CCN(C)CC3)nc2)cs1. The predicted molar refractivity (Wildman–Crippen MR) is 124 cm³/mol. The van der Waals surface area contributed by atoms with Gasteiger partial charge in [-0.3, -0.25) is 0 Å². The van der Waals surface area contributed by atoms with E-state index >= 15 is 0 Å². The normalized spacial score (nSPS) is 14.7. The fourth-order valence-corrected chi connectivity index (χ4v) is 4.28. The zero-order chi connectivity index (χ0) is 21.1. The second-order valence-electron chi connectivity index (χ2n) is 7.54. The van der Waals surface area contributed by atoms with E-state index in [0.29, 0.717) is 6.54 Å². The summed E-state index contributed by atoms with van der Waals surface area (Å²) in [5, 5.41) is 6.22. The maximum absolute atomic E-state index is 5.86. The number of ether oxygens (including phenoxy) is 1. The number of nitrogens with two attached hydrogens (primary N) is 1. The molecule has 0 bridgehead atoms. The van der Waals surface area contributed by atoms with Gasteiger partial charge in [-0.2, -0.15) is 0 Å². The molecule has 30 heavy (non-hydrogen) atoms. The molecular formula is C22H28N6OS. The van der Waals surface area contributed by atoms with Crippen LogP contribution in [0.15, 0.2) is 35.8 Å². The number of thiazole rings is 1. The molecule has 1 saturated heterocycles. The molecule has 0 atom stereocenters. The smallest absolute Gasteiger partial charge is 0.187 e.